The quantitative estimate of drug-likeness (QED) is 0.151. The Hall–Kier alpha value is -3.01. The molecule has 1 aliphatic rings. The van der Waals surface area contributed by atoms with E-state index in [0.717, 1.165) is 12.0 Å². The second-order valence-corrected chi connectivity index (χ2v) is 14.6. The highest BCUT2D eigenvalue weighted by Gasteiger charge is 2.49. The van der Waals surface area contributed by atoms with Crippen LogP contribution in [-0.2, 0) is 30.2 Å². The molecule has 10 heteroatoms. The molecule has 2 amide bonds. The first-order valence-corrected chi connectivity index (χ1v) is 17.1. The lowest BCUT2D eigenvalue weighted by molar-refractivity contribution is -0.152. The molecule has 0 spiro atoms. The largest absolute Gasteiger partial charge is 0.509 e. The van der Waals surface area contributed by atoms with E-state index in [1.165, 1.54) is 4.90 Å². The van der Waals surface area contributed by atoms with Gasteiger partial charge >= 0.3 is 12.2 Å². The average Bonchev–Trinajstić information content (AvgIpc) is 2.95. The van der Waals surface area contributed by atoms with Gasteiger partial charge in [-0.15, -0.1) is 0 Å². The summed E-state index contributed by atoms with van der Waals surface area (Å²) in [5.41, 5.74) is -0.571. The van der Waals surface area contributed by atoms with Crippen LogP contribution in [0, 0.1) is 23.7 Å². The van der Waals surface area contributed by atoms with Gasteiger partial charge in [0.05, 0.1) is 19.8 Å². The summed E-state index contributed by atoms with van der Waals surface area (Å²) in [6, 6.07) is 5.11. The number of ether oxygens (including phenoxy) is 6. The molecule has 270 valence electrons. The maximum absolute atomic E-state index is 14.0. The van der Waals surface area contributed by atoms with Gasteiger partial charge in [0.1, 0.15) is 17.3 Å². The lowest BCUT2D eigenvalue weighted by Crippen LogP contribution is -2.60. The van der Waals surface area contributed by atoms with E-state index in [0.29, 0.717) is 37.6 Å². The Morgan fingerprint density at radius 2 is 1.53 bits per heavy atom. The molecule has 47 heavy (non-hydrogen) atoms. The summed E-state index contributed by atoms with van der Waals surface area (Å²) in [5, 5.41) is 0. The minimum absolute atomic E-state index is 0.00260. The lowest BCUT2D eigenvalue weighted by atomic mass is 9.77. The molecule has 1 aromatic rings. The van der Waals surface area contributed by atoms with E-state index in [1.54, 1.807) is 55.8 Å². The molecule has 0 unspecified atom stereocenters. The van der Waals surface area contributed by atoms with Gasteiger partial charge in [-0.25, -0.2) is 14.5 Å². The zero-order chi connectivity index (χ0) is 36.1. The molecule has 0 aromatic heterocycles. The molecule has 1 saturated heterocycles. The highest BCUT2D eigenvalue weighted by molar-refractivity contribution is 5.95. The van der Waals surface area contributed by atoms with E-state index in [9.17, 15) is 14.4 Å². The second-order valence-electron chi connectivity index (χ2n) is 14.6. The molecule has 0 N–H and O–H groups in total. The van der Waals surface area contributed by atoms with Crippen molar-refractivity contribution in [2.75, 3.05) is 27.4 Å². The van der Waals surface area contributed by atoms with Gasteiger partial charge in [0.25, 0.3) is 0 Å². The number of imide groups is 1. The number of hydrogen-bond acceptors (Lipinski definition) is 9. The average molecular weight is 666 g/mol. The van der Waals surface area contributed by atoms with Crippen molar-refractivity contribution in [1.29, 1.82) is 0 Å². The molecule has 0 aliphatic carbocycles. The number of carbonyl (C=O) groups excluding carboxylic acids is 3. The normalized spacial score (nSPS) is 19.1. The molecule has 1 fully saturated rings. The number of benzene rings is 1. The third-order valence-electron chi connectivity index (χ3n) is 7.80. The second kappa shape index (κ2) is 19.1. The maximum atomic E-state index is 14.0. The van der Waals surface area contributed by atoms with Gasteiger partial charge in [-0.05, 0) is 96.3 Å². The number of nitrogens with zero attached hydrogens (tertiary/aromatic N) is 1. The third kappa shape index (κ3) is 13.9. The topological polar surface area (TPSA) is 110 Å². The number of hydrogen-bond donors (Lipinski definition) is 0. The summed E-state index contributed by atoms with van der Waals surface area (Å²) in [7, 11) is 3.26. The first kappa shape index (κ1) is 42.0. The molecule has 10 nitrogen and oxygen atoms in total. The van der Waals surface area contributed by atoms with Gasteiger partial charge in [-0.2, -0.15) is 0 Å². The first-order chi connectivity index (χ1) is 21.9. The van der Waals surface area contributed by atoms with Crippen LogP contribution in [0.1, 0.15) is 108 Å². The van der Waals surface area contributed by atoms with Crippen molar-refractivity contribution in [2.45, 2.75) is 132 Å². The standard InChI is InChI=1S/C35H57NO9.C2H6/c1-22(2)25(18-24-14-15-28(41-12)30(19-24)42-17-13-16-40-11)20-27-29(43-33(39)45-35(8,9)10)21-26(23(3)4)31(37)36(27)32(38)44-34(5,6)7;1-2/h14-15,19,22-23,25-27,29H,13,16-18,20-21H2,1-12H3;1-2H3/t25-,26-,27-,29-;/m0./s1. The van der Waals surface area contributed by atoms with Crippen LogP contribution in [0.3, 0.4) is 0 Å². The van der Waals surface area contributed by atoms with Crippen LogP contribution >= 0.6 is 0 Å². The fourth-order valence-corrected chi connectivity index (χ4v) is 5.44. The van der Waals surface area contributed by atoms with E-state index in [4.69, 9.17) is 28.4 Å². The van der Waals surface area contributed by atoms with Crippen LogP contribution in [0.25, 0.3) is 0 Å². The van der Waals surface area contributed by atoms with Crippen LogP contribution in [0.2, 0.25) is 0 Å². The number of amides is 2. The third-order valence-corrected chi connectivity index (χ3v) is 7.80. The number of piperidine rings is 1. The number of rotatable bonds is 13. The van der Waals surface area contributed by atoms with E-state index in [-0.39, 0.29) is 30.1 Å². The van der Waals surface area contributed by atoms with Gasteiger partial charge < -0.3 is 28.4 Å². The van der Waals surface area contributed by atoms with Crippen molar-refractivity contribution in [2.24, 2.45) is 23.7 Å². The van der Waals surface area contributed by atoms with Gasteiger partial charge in [-0.3, -0.25) is 4.79 Å². The molecular weight excluding hydrogens is 602 g/mol. The van der Waals surface area contributed by atoms with Crippen LogP contribution in [0.15, 0.2) is 18.2 Å². The van der Waals surface area contributed by atoms with E-state index < -0.39 is 41.5 Å². The molecule has 0 bridgehead atoms. The van der Waals surface area contributed by atoms with Crippen molar-refractivity contribution in [3.63, 3.8) is 0 Å². The molecule has 4 atom stereocenters. The summed E-state index contributed by atoms with van der Waals surface area (Å²) in [4.78, 5) is 41.8. The van der Waals surface area contributed by atoms with E-state index in [2.05, 4.69) is 13.8 Å². The van der Waals surface area contributed by atoms with Crippen molar-refractivity contribution in [1.82, 2.24) is 4.90 Å². The molecule has 0 radical (unpaired) electrons. The SMILES string of the molecule is CC.COCCCOc1cc(C[C@@H](C[C@H]2[C@@H](OC(=O)OC(C)(C)C)C[C@@H](C(C)C)C(=O)N2C(=O)OC(C)(C)C)C(C)C)ccc1OC. The Labute approximate surface area is 284 Å². The van der Waals surface area contributed by atoms with Crippen molar-refractivity contribution >= 4 is 18.2 Å². The maximum Gasteiger partial charge on any atom is 0.509 e. The molecule has 2 rings (SSSR count). The van der Waals surface area contributed by atoms with Gasteiger partial charge in [0.2, 0.25) is 5.91 Å². The van der Waals surface area contributed by atoms with Crippen molar-refractivity contribution in [3.05, 3.63) is 23.8 Å². The smallest absolute Gasteiger partial charge is 0.493 e. The fourth-order valence-electron chi connectivity index (χ4n) is 5.44. The van der Waals surface area contributed by atoms with Gasteiger partial charge in [0.15, 0.2) is 11.5 Å². The van der Waals surface area contributed by atoms with E-state index in [1.807, 2.05) is 45.9 Å². The van der Waals surface area contributed by atoms with Crippen LogP contribution in [0.5, 0.6) is 11.5 Å². The summed E-state index contributed by atoms with van der Waals surface area (Å²) in [6.07, 6.45) is -0.275. The highest BCUT2D eigenvalue weighted by atomic mass is 16.7. The molecule has 1 aromatic carbocycles. The Morgan fingerprint density at radius 3 is 2.04 bits per heavy atom. The highest BCUT2D eigenvalue weighted by Crippen LogP contribution is 2.38. The Kier molecular flexibility index (Phi) is 17.1. The number of carbonyl (C=O) groups is 3. The Bertz CT molecular complexity index is 1120. The van der Waals surface area contributed by atoms with Crippen molar-refractivity contribution in [3.8, 4) is 11.5 Å². The Morgan fingerprint density at radius 1 is 0.915 bits per heavy atom. The van der Waals surface area contributed by atoms with Crippen LogP contribution in [0.4, 0.5) is 9.59 Å². The number of methoxy groups -OCH3 is 2. The summed E-state index contributed by atoms with van der Waals surface area (Å²) < 4.78 is 33.9. The van der Waals surface area contributed by atoms with Crippen LogP contribution < -0.4 is 9.47 Å². The molecular formula is C37H63NO9. The summed E-state index contributed by atoms with van der Waals surface area (Å²) in [5.74, 6) is 0.516. The predicted octanol–water partition coefficient (Wildman–Crippen LogP) is 8.47. The Balaban J connectivity index is 0.00000541. The minimum atomic E-state index is -0.829. The zero-order valence-electron chi connectivity index (χ0n) is 31.6. The molecule has 0 saturated carbocycles. The number of likely N-dealkylation sites (tertiary alicyclic amines) is 1. The lowest BCUT2D eigenvalue weighted by Gasteiger charge is -2.45. The fraction of sp³-hybridized carbons (Fsp3) is 0.757. The van der Waals surface area contributed by atoms with Gasteiger partial charge in [-0.1, -0.05) is 47.6 Å². The summed E-state index contributed by atoms with van der Waals surface area (Å²) >= 11 is 0. The first-order valence-electron chi connectivity index (χ1n) is 17.1. The van der Waals surface area contributed by atoms with Crippen molar-refractivity contribution < 1.29 is 42.8 Å². The van der Waals surface area contributed by atoms with E-state index >= 15 is 0 Å². The monoisotopic (exact) mass is 665 g/mol. The summed E-state index contributed by atoms with van der Waals surface area (Å²) in [6.45, 7) is 23.7. The zero-order valence-corrected chi connectivity index (χ0v) is 31.6. The van der Waals surface area contributed by atoms with Gasteiger partial charge in [0, 0.05) is 26.1 Å². The predicted molar refractivity (Wildman–Crippen MR) is 184 cm³/mol. The molecule has 1 aliphatic heterocycles. The molecule has 1 heterocycles. The minimum Gasteiger partial charge on any atom is -0.493 e. The van der Waals surface area contributed by atoms with Crippen LogP contribution in [-0.4, -0.2) is 73.8 Å².